The largest absolute Gasteiger partial charge is 0.378 e. The zero-order valence-corrected chi connectivity index (χ0v) is 13.5. The number of benzene rings is 2. The Bertz CT molecular complexity index is 535. The molecule has 0 heterocycles. The molecule has 1 atom stereocenters. The molecule has 0 aliphatic heterocycles. The van der Waals surface area contributed by atoms with Gasteiger partial charge in [-0.3, -0.25) is 0 Å². The molecule has 0 saturated heterocycles. The van der Waals surface area contributed by atoms with Crippen molar-refractivity contribution in [3.8, 4) is 0 Å². The summed E-state index contributed by atoms with van der Waals surface area (Å²) in [6.07, 6.45) is 0. The lowest BCUT2D eigenvalue weighted by atomic mass is 10.1. The topological polar surface area (TPSA) is 12.0 Å². The molecule has 94 valence electrons. The molecule has 0 bridgehead atoms. The number of nitrogens with one attached hydrogen (secondary N) is 1. The summed E-state index contributed by atoms with van der Waals surface area (Å²) in [6, 6.07) is 14.9. The third kappa shape index (κ3) is 3.15. The maximum absolute atomic E-state index is 3.62. The van der Waals surface area contributed by atoms with Gasteiger partial charge in [-0.15, -0.1) is 0 Å². The second-order valence-corrected chi connectivity index (χ2v) is 6.06. The maximum atomic E-state index is 3.62. The van der Waals surface area contributed by atoms with Crippen molar-refractivity contribution in [2.75, 3.05) is 5.32 Å². The first-order valence-corrected chi connectivity index (χ1v) is 7.43. The number of halogens is 2. The normalized spacial score (nSPS) is 12.2. The van der Waals surface area contributed by atoms with E-state index in [1.54, 1.807) is 0 Å². The van der Waals surface area contributed by atoms with Crippen LogP contribution >= 0.6 is 31.9 Å². The van der Waals surface area contributed by atoms with Gasteiger partial charge in [-0.1, -0.05) is 40.2 Å². The molecule has 1 N–H and O–H groups in total. The Balaban J connectivity index is 2.18. The molecule has 1 unspecified atom stereocenters. The van der Waals surface area contributed by atoms with Crippen LogP contribution in [0.15, 0.2) is 51.4 Å². The van der Waals surface area contributed by atoms with Gasteiger partial charge in [0.15, 0.2) is 0 Å². The average Bonchev–Trinajstić information content (AvgIpc) is 2.36. The van der Waals surface area contributed by atoms with Gasteiger partial charge < -0.3 is 5.32 Å². The number of aryl methyl sites for hydroxylation is 1. The SMILES string of the molecule is Cc1cccc(NC(C)c2ccc(Br)cc2)c1Br. The van der Waals surface area contributed by atoms with E-state index in [2.05, 4.69) is 93.5 Å². The van der Waals surface area contributed by atoms with Crippen molar-refractivity contribution in [2.45, 2.75) is 19.9 Å². The van der Waals surface area contributed by atoms with Crippen molar-refractivity contribution in [2.24, 2.45) is 0 Å². The Hall–Kier alpha value is -0.800. The van der Waals surface area contributed by atoms with E-state index in [0.29, 0.717) is 0 Å². The fourth-order valence-electron chi connectivity index (χ4n) is 1.83. The molecule has 0 aromatic heterocycles. The first-order valence-electron chi connectivity index (χ1n) is 5.85. The lowest BCUT2D eigenvalue weighted by Gasteiger charge is -2.17. The molecule has 3 heteroatoms. The van der Waals surface area contributed by atoms with Crippen LogP contribution in [0.4, 0.5) is 5.69 Å². The lowest BCUT2D eigenvalue weighted by molar-refractivity contribution is 0.883. The molecule has 2 aromatic carbocycles. The zero-order valence-electron chi connectivity index (χ0n) is 10.4. The highest BCUT2D eigenvalue weighted by Gasteiger charge is 2.08. The highest BCUT2D eigenvalue weighted by Crippen LogP contribution is 2.29. The van der Waals surface area contributed by atoms with Crippen molar-refractivity contribution in [1.29, 1.82) is 0 Å². The summed E-state index contributed by atoms with van der Waals surface area (Å²) < 4.78 is 2.24. The van der Waals surface area contributed by atoms with E-state index in [1.165, 1.54) is 11.1 Å². The average molecular weight is 369 g/mol. The Morgan fingerprint density at radius 1 is 1.00 bits per heavy atom. The van der Waals surface area contributed by atoms with E-state index in [4.69, 9.17) is 0 Å². The molecule has 0 amide bonds. The van der Waals surface area contributed by atoms with E-state index >= 15 is 0 Å². The first-order chi connectivity index (χ1) is 8.58. The summed E-state index contributed by atoms with van der Waals surface area (Å²) in [7, 11) is 0. The first kappa shape index (κ1) is 13.6. The smallest absolute Gasteiger partial charge is 0.0492 e. The third-order valence-corrected chi connectivity index (χ3v) is 4.52. The fraction of sp³-hybridized carbons (Fsp3) is 0.200. The highest BCUT2D eigenvalue weighted by atomic mass is 79.9. The van der Waals surface area contributed by atoms with Crippen LogP contribution in [-0.2, 0) is 0 Å². The van der Waals surface area contributed by atoms with Crippen LogP contribution in [0.25, 0.3) is 0 Å². The summed E-state index contributed by atoms with van der Waals surface area (Å²) in [5, 5.41) is 3.52. The Morgan fingerprint density at radius 2 is 1.67 bits per heavy atom. The molecule has 0 radical (unpaired) electrons. The molecule has 2 rings (SSSR count). The molecule has 0 saturated carbocycles. The van der Waals surface area contributed by atoms with Gasteiger partial charge in [0.2, 0.25) is 0 Å². The number of hydrogen-bond donors (Lipinski definition) is 1. The predicted octanol–water partition coefficient (Wildman–Crippen LogP) is 5.69. The van der Waals surface area contributed by atoms with Crippen LogP contribution in [-0.4, -0.2) is 0 Å². The van der Waals surface area contributed by atoms with E-state index < -0.39 is 0 Å². The number of rotatable bonds is 3. The van der Waals surface area contributed by atoms with Crippen LogP contribution in [0, 0.1) is 6.92 Å². The van der Waals surface area contributed by atoms with Gasteiger partial charge in [-0.05, 0) is 59.1 Å². The Morgan fingerprint density at radius 3 is 2.33 bits per heavy atom. The summed E-state index contributed by atoms with van der Waals surface area (Å²) in [5.74, 6) is 0. The second kappa shape index (κ2) is 5.89. The van der Waals surface area contributed by atoms with Crippen molar-refractivity contribution in [1.82, 2.24) is 0 Å². The quantitative estimate of drug-likeness (QED) is 0.733. The van der Waals surface area contributed by atoms with Crippen LogP contribution < -0.4 is 5.32 Å². The Kier molecular flexibility index (Phi) is 4.46. The monoisotopic (exact) mass is 367 g/mol. The standard InChI is InChI=1S/C15H15Br2N/c1-10-4-3-5-14(15(10)17)18-11(2)12-6-8-13(16)9-7-12/h3-9,11,18H,1-2H3. The van der Waals surface area contributed by atoms with E-state index in [0.717, 1.165) is 14.6 Å². The van der Waals surface area contributed by atoms with Crippen molar-refractivity contribution in [3.63, 3.8) is 0 Å². The van der Waals surface area contributed by atoms with Crippen molar-refractivity contribution in [3.05, 3.63) is 62.5 Å². The van der Waals surface area contributed by atoms with Gasteiger partial charge in [0, 0.05) is 20.7 Å². The minimum atomic E-state index is 0.274. The van der Waals surface area contributed by atoms with Gasteiger partial charge >= 0.3 is 0 Å². The molecule has 2 aromatic rings. The van der Waals surface area contributed by atoms with Crippen LogP contribution in [0.3, 0.4) is 0 Å². The lowest BCUT2D eigenvalue weighted by Crippen LogP contribution is -2.07. The number of anilines is 1. The Labute approximate surface area is 125 Å². The van der Waals surface area contributed by atoms with Crippen molar-refractivity contribution >= 4 is 37.5 Å². The fourth-order valence-corrected chi connectivity index (χ4v) is 2.47. The van der Waals surface area contributed by atoms with Crippen LogP contribution in [0.5, 0.6) is 0 Å². The number of hydrogen-bond acceptors (Lipinski definition) is 1. The molecule has 18 heavy (non-hydrogen) atoms. The van der Waals surface area contributed by atoms with Crippen LogP contribution in [0.1, 0.15) is 24.1 Å². The molecule has 0 spiro atoms. The van der Waals surface area contributed by atoms with Crippen molar-refractivity contribution < 1.29 is 0 Å². The van der Waals surface area contributed by atoms with Gasteiger partial charge in [0.1, 0.15) is 0 Å². The molecular weight excluding hydrogens is 354 g/mol. The minimum Gasteiger partial charge on any atom is -0.378 e. The molecule has 1 nitrogen and oxygen atoms in total. The van der Waals surface area contributed by atoms with Gasteiger partial charge in [0.25, 0.3) is 0 Å². The summed E-state index contributed by atoms with van der Waals surface area (Å²) in [5.41, 5.74) is 3.64. The molecule has 0 aliphatic rings. The minimum absolute atomic E-state index is 0.274. The van der Waals surface area contributed by atoms with Crippen LogP contribution in [0.2, 0.25) is 0 Å². The molecule has 0 fully saturated rings. The molecule has 0 aliphatic carbocycles. The maximum Gasteiger partial charge on any atom is 0.0492 e. The summed E-state index contributed by atoms with van der Waals surface area (Å²) >= 11 is 7.08. The predicted molar refractivity (Wildman–Crippen MR) is 85.1 cm³/mol. The second-order valence-electron chi connectivity index (χ2n) is 4.35. The van der Waals surface area contributed by atoms with Gasteiger partial charge in [-0.2, -0.15) is 0 Å². The van der Waals surface area contributed by atoms with E-state index in [-0.39, 0.29) is 6.04 Å². The third-order valence-electron chi connectivity index (χ3n) is 2.93. The molecular formula is C15H15Br2N. The summed E-state index contributed by atoms with van der Waals surface area (Å²) in [4.78, 5) is 0. The zero-order chi connectivity index (χ0) is 13.1. The van der Waals surface area contributed by atoms with Gasteiger partial charge in [-0.25, -0.2) is 0 Å². The highest BCUT2D eigenvalue weighted by molar-refractivity contribution is 9.11. The summed E-state index contributed by atoms with van der Waals surface area (Å²) in [6.45, 7) is 4.26. The van der Waals surface area contributed by atoms with Gasteiger partial charge in [0.05, 0.1) is 0 Å². The van der Waals surface area contributed by atoms with E-state index in [9.17, 15) is 0 Å². The van der Waals surface area contributed by atoms with E-state index in [1.807, 2.05) is 0 Å².